The van der Waals surface area contributed by atoms with Gasteiger partial charge in [-0.15, -0.1) is 10.2 Å². The van der Waals surface area contributed by atoms with E-state index in [1.54, 1.807) is 48.5 Å². The third-order valence-electron chi connectivity index (χ3n) is 5.43. The van der Waals surface area contributed by atoms with E-state index in [1.807, 2.05) is 6.92 Å². The van der Waals surface area contributed by atoms with E-state index in [1.165, 1.54) is 25.1 Å². The number of aryl methyl sites for hydroxylation is 1. The molecule has 0 saturated carbocycles. The minimum atomic E-state index is -4.61. The number of rotatable bonds is 7. The number of halogens is 1. The molecule has 0 aliphatic carbocycles. The zero-order chi connectivity index (χ0) is 26.7. The van der Waals surface area contributed by atoms with Gasteiger partial charge in [-0.05, 0) is 49.1 Å². The number of phenolic OH excluding ortho intramolecular Hbond substituents is 1. The fraction of sp³-hybridized carbons (Fsp3) is 0.115. The van der Waals surface area contributed by atoms with E-state index < -0.39 is 26.7 Å². The van der Waals surface area contributed by atoms with Crippen molar-refractivity contribution in [3.05, 3.63) is 82.9 Å². The minimum absolute atomic E-state index is 0.0173. The number of hydrogen-bond donors (Lipinski definition) is 3. The molecule has 0 bridgehead atoms. The summed E-state index contributed by atoms with van der Waals surface area (Å²) in [4.78, 5) is 12.6. The van der Waals surface area contributed by atoms with Gasteiger partial charge < -0.3 is 15.2 Å². The monoisotopic (exact) mass is 539 g/mol. The number of fused-ring (bicyclic) bond motifs is 1. The Kier molecular flexibility index (Phi) is 7.44. The largest absolute Gasteiger partial charge is 0.505 e. The first-order chi connectivity index (χ1) is 17.6. The minimum Gasteiger partial charge on any atom is -0.505 e. The second-order valence-corrected chi connectivity index (χ2v) is 9.71. The molecule has 3 N–H and O–H groups in total. The van der Waals surface area contributed by atoms with Crippen molar-refractivity contribution in [1.29, 1.82) is 0 Å². The zero-order valence-corrected chi connectivity index (χ0v) is 21.3. The molecule has 0 aliphatic rings. The van der Waals surface area contributed by atoms with Gasteiger partial charge >= 0.3 is 0 Å². The van der Waals surface area contributed by atoms with Crippen molar-refractivity contribution in [2.75, 3.05) is 11.9 Å². The van der Waals surface area contributed by atoms with E-state index in [0.717, 1.165) is 0 Å². The van der Waals surface area contributed by atoms with Gasteiger partial charge in [-0.1, -0.05) is 48.0 Å². The van der Waals surface area contributed by atoms with Crippen LogP contribution in [0.1, 0.15) is 22.8 Å². The third-order valence-corrected chi connectivity index (χ3v) is 6.97. The first-order valence-corrected chi connectivity index (χ1v) is 12.9. The zero-order valence-electron chi connectivity index (χ0n) is 19.8. The summed E-state index contributed by atoms with van der Waals surface area (Å²) in [7, 11) is -4.61. The molecule has 4 aromatic rings. The molecule has 0 heterocycles. The lowest BCUT2D eigenvalue weighted by Crippen LogP contribution is -2.12. The predicted octanol–water partition coefficient (Wildman–Crippen LogP) is 6.82. The van der Waals surface area contributed by atoms with Crippen LogP contribution in [-0.2, 0) is 10.1 Å². The van der Waals surface area contributed by atoms with Crippen molar-refractivity contribution in [3.63, 3.8) is 0 Å². The lowest BCUT2D eigenvalue weighted by molar-refractivity contribution is 0.102. The summed E-state index contributed by atoms with van der Waals surface area (Å²) in [6.45, 7) is 3.79. The summed E-state index contributed by atoms with van der Waals surface area (Å²) < 4.78 is 38.5. The van der Waals surface area contributed by atoms with Gasteiger partial charge in [-0.3, -0.25) is 9.35 Å². The maximum atomic E-state index is 13.1. The molecule has 0 saturated heterocycles. The maximum absolute atomic E-state index is 13.1. The number of hydrogen-bond acceptors (Lipinski definition) is 7. The Hall–Kier alpha value is -3.99. The summed E-state index contributed by atoms with van der Waals surface area (Å²) in [6, 6.07) is 18.1. The summed E-state index contributed by atoms with van der Waals surface area (Å²) in [5.74, 6) is -0.439. The van der Waals surface area contributed by atoms with Gasteiger partial charge in [0, 0.05) is 17.1 Å². The predicted molar refractivity (Wildman–Crippen MR) is 141 cm³/mol. The van der Waals surface area contributed by atoms with E-state index in [-0.39, 0.29) is 27.5 Å². The summed E-state index contributed by atoms with van der Waals surface area (Å²) >= 11 is 6.20. The second kappa shape index (κ2) is 10.6. The highest BCUT2D eigenvalue weighted by molar-refractivity contribution is 7.86. The van der Waals surface area contributed by atoms with Crippen LogP contribution in [0.2, 0.25) is 5.02 Å². The number of carbonyl (C=O) groups excluding carboxylic acids is 1. The smallest absolute Gasteiger partial charge is 0.296 e. The molecule has 11 heteroatoms. The Morgan fingerprint density at radius 2 is 1.81 bits per heavy atom. The number of benzene rings is 4. The highest BCUT2D eigenvalue weighted by atomic mass is 35.5. The first kappa shape index (κ1) is 26.1. The summed E-state index contributed by atoms with van der Waals surface area (Å²) in [5, 5.41) is 22.7. The molecule has 0 aliphatic heterocycles. The van der Waals surface area contributed by atoms with Gasteiger partial charge in [-0.2, -0.15) is 8.42 Å². The summed E-state index contributed by atoms with van der Waals surface area (Å²) in [5.41, 5.74) is 0.577. The second-order valence-electron chi connectivity index (χ2n) is 7.98. The van der Waals surface area contributed by atoms with E-state index in [9.17, 15) is 22.9 Å². The van der Waals surface area contributed by atoms with Crippen molar-refractivity contribution in [2.24, 2.45) is 10.2 Å². The normalized spacial score (nSPS) is 11.7. The van der Waals surface area contributed by atoms with E-state index in [2.05, 4.69) is 15.5 Å². The van der Waals surface area contributed by atoms with E-state index >= 15 is 0 Å². The fourth-order valence-electron chi connectivity index (χ4n) is 3.76. The molecule has 0 spiro atoms. The molecular weight excluding hydrogens is 518 g/mol. The number of amides is 1. The highest BCUT2D eigenvalue weighted by Crippen LogP contribution is 2.41. The highest BCUT2D eigenvalue weighted by Gasteiger charge is 2.22. The molecule has 4 aromatic carbocycles. The summed E-state index contributed by atoms with van der Waals surface area (Å²) in [6.07, 6.45) is 0. The number of azo groups is 1. The van der Waals surface area contributed by atoms with Crippen molar-refractivity contribution >= 4 is 55.5 Å². The van der Waals surface area contributed by atoms with E-state index in [4.69, 9.17) is 16.3 Å². The Morgan fingerprint density at radius 1 is 1.05 bits per heavy atom. The number of nitrogens with zero attached hydrogens (tertiary/aromatic N) is 2. The number of ether oxygens (including phenoxy) is 1. The number of phenols is 1. The number of carbonyl (C=O) groups is 1. The fourth-order valence-corrected chi connectivity index (χ4v) is 5.11. The molecule has 37 heavy (non-hydrogen) atoms. The van der Waals surface area contributed by atoms with Crippen LogP contribution >= 0.6 is 11.6 Å². The molecule has 190 valence electrons. The van der Waals surface area contributed by atoms with Crippen molar-refractivity contribution in [2.45, 2.75) is 18.7 Å². The molecule has 1 amide bonds. The van der Waals surface area contributed by atoms with Crippen LogP contribution in [0.4, 0.5) is 17.1 Å². The first-order valence-electron chi connectivity index (χ1n) is 11.1. The molecule has 0 fully saturated rings. The topological polar surface area (TPSA) is 138 Å². The van der Waals surface area contributed by atoms with Gasteiger partial charge in [0.25, 0.3) is 16.0 Å². The maximum Gasteiger partial charge on any atom is 0.296 e. The van der Waals surface area contributed by atoms with Crippen LogP contribution in [0.15, 0.2) is 81.9 Å². The van der Waals surface area contributed by atoms with E-state index in [0.29, 0.717) is 28.8 Å². The Labute approximate surface area is 218 Å². The SMILES string of the molecule is CCOc1cccc(NC(=O)c2cc3ccccc3c(N=Nc3ccc(C)c(S(=O)(=O)O)c3Cl)c2O)c1. The number of anilines is 1. The Balaban J connectivity index is 1.78. The van der Waals surface area contributed by atoms with Crippen molar-refractivity contribution in [3.8, 4) is 11.5 Å². The molecular formula is C26H22ClN3O6S. The third kappa shape index (κ3) is 5.56. The average molecular weight is 540 g/mol. The van der Waals surface area contributed by atoms with Crippen LogP contribution in [0.3, 0.4) is 0 Å². The quantitative estimate of drug-likeness (QED) is 0.174. The Morgan fingerprint density at radius 3 is 2.54 bits per heavy atom. The molecule has 9 nitrogen and oxygen atoms in total. The van der Waals surface area contributed by atoms with Crippen LogP contribution in [0.5, 0.6) is 11.5 Å². The van der Waals surface area contributed by atoms with Gasteiger partial charge in [0.2, 0.25) is 0 Å². The number of nitrogens with one attached hydrogen (secondary N) is 1. The van der Waals surface area contributed by atoms with Gasteiger partial charge in [0.1, 0.15) is 22.0 Å². The van der Waals surface area contributed by atoms with Gasteiger partial charge in [-0.25, -0.2) is 0 Å². The lowest BCUT2D eigenvalue weighted by atomic mass is 10.0. The molecule has 0 aromatic heterocycles. The van der Waals surface area contributed by atoms with Crippen LogP contribution in [-0.4, -0.2) is 30.6 Å². The van der Waals surface area contributed by atoms with Crippen molar-refractivity contribution in [1.82, 2.24) is 0 Å². The lowest BCUT2D eigenvalue weighted by Gasteiger charge is -2.12. The number of aromatic hydroxyl groups is 1. The van der Waals surface area contributed by atoms with Gasteiger partial charge in [0.05, 0.1) is 17.2 Å². The average Bonchev–Trinajstić information content (AvgIpc) is 2.84. The molecule has 4 rings (SSSR count). The molecule has 0 radical (unpaired) electrons. The Bertz CT molecular complexity index is 1650. The standard InChI is InChI=1S/C26H22ClN3O6S/c1-3-36-18-9-6-8-17(14-18)28-26(32)20-13-16-7-4-5-10-19(16)23(24(20)31)30-29-21-12-11-15(2)25(22(21)27)37(33,34)35/h4-14,31H,3H2,1-2H3,(H,28,32)(H,33,34,35). The molecule has 0 atom stereocenters. The van der Waals surface area contributed by atoms with Crippen LogP contribution in [0.25, 0.3) is 10.8 Å². The van der Waals surface area contributed by atoms with Crippen molar-refractivity contribution < 1.29 is 27.6 Å². The van der Waals surface area contributed by atoms with Crippen LogP contribution < -0.4 is 10.1 Å². The molecule has 0 unspecified atom stereocenters. The van der Waals surface area contributed by atoms with Crippen LogP contribution in [0, 0.1) is 6.92 Å². The van der Waals surface area contributed by atoms with Gasteiger partial charge in [0.15, 0.2) is 5.75 Å².